The number of ether oxygens (including phenoxy) is 2. The van der Waals surface area contributed by atoms with Crippen LogP contribution in [0.2, 0.25) is 5.02 Å². The van der Waals surface area contributed by atoms with Crippen LogP contribution in [0, 0.1) is 0 Å². The number of aromatic nitrogens is 2. The Morgan fingerprint density at radius 2 is 2.10 bits per heavy atom. The molecular formula is C21H24ClN3O4S. The number of hydrogen-bond acceptors (Lipinski definition) is 6. The predicted molar refractivity (Wildman–Crippen MR) is 119 cm³/mol. The molecule has 0 spiro atoms. The average Bonchev–Trinajstić information content (AvgIpc) is 3.18. The molecule has 0 radical (unpaired) electrons. The van der Waals surface area contributed by atoms with Gasteiger partial charge in [0.05, 0.1) is 30.3 Å². The van der Waals surface area contributed by atoms with Crippen molar-refractivity contribution in [1.29, 1.82) is 0 Å². The molecule has 0 saturated heterocycles. The van der Waals surface area contributed by atoms with Gasteiger partial charge in [-0.3, -0.25) is 9.59 Å². The lowest BCUT2D eigenvalue weighted by molar-refractivity contribution is 0.0781. The number of benzene rings is 1. The number of rotatable bonds is 9. The molecule has 3 rings (SSSR count). The molecule has 2 aromatic heterocycles. The van der Waals surface area contributed by atoms with Gasteiger partial charge in [-0.05, 0) is 36.9 Å². The lowest BCUT2D eigenvalue weighted by Gasteiger charge is -2.19. The van der Waals surface area contributed by atoms with E-state index in [0.29, 0.717) is 51.3 Å². The summed E-state index contributed by atoms with van der Waals surface area (Å²) in [5.41, 5.74) is 0.781. The molecule has 0 saturated carbocycles. The van der Waals surface area contributed by atoms with Gasteiger partial charge in [0, 0.05) is 12.6 Å². The number of H-pyrrole nitrogens is 1. The van der Waals surface area contributed by atoms with Crippen LogP contribution < -0.4 is 15.0 Å². The van der Waals surface area contributed by atoms with Crippen LogP contribution in [-0.4, -0.2) is 41.0 Å². The minimum atomic E-state index is -0.272. The van der Waals surface area contributed by atoms with Crippen LogP contribution in [-0.2, 0) is 6.54 Å². The molecule has 9 heteroatoms. The van der Waals surface area contributed by atoms with Crippen LogP contribution in [0.1, 0.15) is 42.9 Å². The molecule has 2 heterocycles. The number of carbonyl (C=O) groups excluding carboxylic acids is 1. The van der Waals surface area contributed by atoms with Gasteiger partial charge in [-0.1, -0.05) is 24.9 Å². The Morgan fingerprint density at radius 1 is 1.30 bits per heavy atom. The van der Waals surface area contributed by atoms with E-state index >= 15 is 0 Å². The molecule has 1 amide bonds. The van der Waals surface area contributed by atoms with E-state index in [4.69, 9.17) is 21.1 Å². The van der Waals surface area contributed by atoms with Crippen LogP contribution in [0.15, 0.2) is 28.4 Å². The molecule has 160 valence electrons. The maximum Gasteiger partial charge on any atom is 0.268 e. The first-order chi connectivity index (χ1) is 14.4. The molecule has 0 fully saturated rings. The molecule has 0 atom stereocenters. The van der Waals surface area contributed by atoms with Crippen LogP contribution in [0.3, 0.4) is 0 Å². The van der Waals surface area contributed by atoms with Gasteiger partial charge in [0.15, 0.2) is 11.5 Å². The lowest BCUT2D eigenvalue weighted by atomic mass is 10.1. The fourth-order valence-electron chi connectivity index (χ4n) is 2.93. The van der Waals surface area contributed by atoms with Crippen molar-refractivity contribution in [3.8, 4) is 11.5 Å². The van der Waals surface area contributed by atoms with E-state index in [1.807, 2.05) is 12.3 Å². The number of nitrogens with zero attached hydrogens (tertiary/aromatic N) is 2. The summed E-state index contributed by atoms with van der Waals surface area (Å²) in [5.74, 6) is 1.02. The number of carbonyl (C=O) groups is 1. The van der Waals surface area contributed by atoms with Crippen molar-refractivity contribution < 1.29 is 14.3 Å². The van der Waals surface area contributed by atoms with Gasteiger partial charge < -0.3 is 19.4 Å². The standard InChI is InChI=1S/C21H24ClN3O4S/c1-4-6-8-29-18-14(22)10-13(11-16(18)28-5-2)21(27)25(3)12-17-23-15-7-9-30-19(15)20(26)24-17/h7,9-11H,4-6,8,12H2,1-3H3,(H,23,24,26). The second-order valence-corrected chi connectivity index (χ2v) is 8.05. The smallest absolute Gasteiger partial charge is 0.268 e. The lowest BCUT2D eigenvalue weighted by Crippen LogP contribution is -2.28. The second kappa shape index (κ2) is 9.95. The summed E-state index contributed by atoms with van der Waals surface area (Å²) in [7, 11) is 1.64. The Bertz CT molecular complexity index is 1100. The molecule has 0 unspecified atom stereocenters. The molecule has 7 nitrogen and oxygen atoms in total. The summed E-state index contributed by atoms with van der Waals surface area (Å²) in [6.45, 7) is 5.01. The molecule has 0 aliphatic rings. The summed E-state index contributed by atoms with van der Waals surface area (Å²) < 4.78 is 12.0. The maximum absolute atomic E-state index is 13.0. The van der Waals surface area contributed by atoms with Gasteiger partial charge in [-0.2, -0.15) is 0 Å². The largest absolute Gasteiger partial charge is 0.490 e. The number of aromatic amines is 1. The highest BCUT2D eigenvalue weighted by Gasteiger charge is 2.20. The van der Waals surface area contributed by atoms with Crippen molar-refractivity contribution in [2.24, 2.45) is 0 Å². The highest BCUT2D eigenvalue weighted by molar-refractivity contribution is 7.17. The summed E-state index contributed by atoms with van der Waals surface area (Å²) >= 11 is 7.73. The number of amides is 1. The zero-order chi connectivity index (χ0) is 21.7. The topological polar surface area (TPSA) is 84.5 Å². The van der Waals surface area contributed by atoms with Crippen LogP contribution >= 0.6 is 22.9 Å². The van der Waals surface area contributed by atoms with Crippen LogP contribution in [0.4, 0.5) is 0 Å². The Hall–Kier alpha value is -2.58. The van der Waals surface area contributed by atoms with Crippen LogP contribution in [0.5, 0.6) is 11.5 Å². The minimum Gasteiger partial charge on any atom is -0.490 e. The molecule has 1 N–H and O–H groups in total. The SMILES string of the molecule is CCCCOc1c(Cl)cc(C(=O)N(C)Cc2nc3ccsc3c(=O)[nH]2)cc1OCC. The van der Waals surface area contributed by atoms with Gasteiger partial charge in [0.2, 0.25) is 0 Å². The molecule has 0 aliphatic heterocycles. The van der Waals surface area contributed by atoms with Crippen molar-refractivity contribution in [2.75, 3.05) is 20.3 Å². The van der Waals surface area contributed by atoms with Crippen molar-refractivity contribution >= 4 is 39.1 Å². The first kappa shape index (κ1) is 22.1. The zero-order valence-corrected chi connectivity index (χ0v) is 18.7. The molecule has 0 aliphatic carbocycles. The van der Waals surface area contributed by atoms with E-state index in [2.05, 4.69) is 16.9 Å². The third kappa shape index (κ3) is 4.94. The maximum atomic E-state index is 13.0. The quantitative estimate of drug-likeness (QED) is 0.486. The third-order valence-corrected chi connectivity index (χ3v) is 5.58. The van der Waals surface area contributed by atoms with Crippen molar-refractivity contribution in [3.63, 3.8) is 0 Å². The molecule has 1 aromatic carbocycles. The molecule has 3 aromatic rings. The Labute approximate surface area is 183 Å². The van der Waals surface area contributed by atoms with Gasteiger partial charge in [0.1, 0.15) is 10.5 Å². The van der Waals surface area contributed by atoms with E-state index in [0.717, 1.165) is 12.8 Å². The van der Waals surface area contributed by atoms with Crippen molar-refractivity contribution in [2.45, 2.75) is 33.2 Å². The summed E-state index contributed by atoms with van der Waals surface area (Å²) in [4.78, 5) is 33.8. The zero-order valence-electron chi connectivity index (χ0n) is 17.2. The Morgan fingerprint density at radius 3 is 2.83 bits per heavy atom. The number of nitrogens with one attached hydrogen (secondary N) is 1. The van der Waals surface area contributed by atoms with Gasteiger partial charge >= 0.3 is 0 Å². The first-order valence-electron chi connectivity index (χ1n) is 9.75. The normalized spacial score (nSPS) is 10.9. The van der Waals surface area contributed by atoms with Gasteiger partial charge in [0.25, 0.3) is 11.5 Å². The number of hydrogen-bond donors (Lipinski definition) is 1. The molecule has 0 bridgehead atoms. The van der Waals surface area contributed by atoms with Crippen LogP contribution in [0.25, 0.3) is 10.2 Å². The first-order valence-corrected chi connectivity index (χ1v) is 11.0. The fraction of sp³-hybridized carbons (Fsp3) is 0.381. The van der Waals surface area contributed by atoms with E-state index in [1.54, 1.807) is 25.2 Å². The van der Waals surface area contributed by atoms with E-state index in [9.17, 15) is 9.59 Å². The summed E-state index contributed by atoms with van der Waals surface area (Å²) in [6.07, 6.45) is 1.89. The van der Waals surface area contributed by atoms with Gasteiger partial charge in [-0.25, -0.2) is 4.98 Å². The number of unbranched alkanes of at least 4 members (excludes halogenated alkanes) is 1. The minimum absolute atomic E-state index is 0.149. The number of fused-ring (bicyclic) bond motifs is 1. The monoisotopic (exact) mass is 449 g/mol. The van der Waals surface area contributed by atoms with E-state index < -0.39 is 0 Å². The molecule has 30 heavy (non-hydrogen) atoms. The van der Waals surface area contributed by atoms with Gasteiger partial charge in [-0.15, -0.1) is 11.3 Å². The van der Waals surface area contributed by atoms with Crippen molar-refractivity contribution in [3.05, 3.63) is 50.3 Å². The Balaban J connectivity index is 1.82. The van der Waals surface area contributed by atoms with Crippen molar-refractivity contribution in [1.82, 2.24) is 14.9 Å². The average molecular weight is 450 g/mol. The number of thiophene rings is 1. The highest BCUT2D eigenvalue weighted by atomic mass is 35.5. The highest BCUT2D eigenvalue weighted by Crippen LogP contribution is 2.37. The summed E-state index contributed by atoms with van der Waals surface area (Å²) in [6, 6.07) is 4.99. The fourth-order valence-corrected chi connectivity index (χ4v) is 3.92. The Kier molecular flexibility index (Phi) is 7.33. The number of halogens is 1. The van der Waals surface area contributed by atoms with E-state index in [-0.39, 0.29) is 18.0 Å². The molecular weight excluding hydrogens is 426 g/mol. The van der Waals surface area contributed by atoms with E-state index in [1.165, 1.54) is 16.2 Å². The predicted octanol–water partition coefficient (Wildman–Crippen LogP) is 4.49. The summed E-state index contributed by atoms with van der Waals surface area (Å²) in [5, 5.41) is 2.13. The third-order valence-electron chi connectivity index (χ3n) is 4.40. The second-order valence-electron chi connectivity index (χ2n) is 6.73.